The Morgan fingerprint density at radius 1 is 1.21 bits per heavy atom. The molecular weight excluding hydrogens is 566 g/mol. The van der Waals surface area contributed by atoms with Gasteiger partial charge in [0.25, 0.3) is 12.0 Å². The van der Waals surface area contributed by atoms with Crippen LogP contribution in [0, 0.1) is 0 Å². The molecule has 14 heteroatoms. The van der Waals surface area contributed by atoms with E-state index < -0.39 is 22.6 Å². The molecule has 2 aromatic heterocycles. The van der Waals surface area contributed by atoms with Gasteiger partial charge in [-0.05, 0) is 58.0 Å². The Bertz CT molecular complexity index is 1440. The van der Waals surface area contributed by atoms with Crippen molar-refractivity contribution in [1.82, 2.24) is 19.4 Å². The van der Waals surface area contributed by atoms with Crippen molar-refractivity contribution in [2.75, 3.05) is 33.6 Å². The van der Waals surface area contributed by atoms with E-state index in [1.165, 1.54) is 54.1 Å². The molecule has 0 atom stereocenters. The van der Waals surface area contributed by atoms with Crippen LogP contribution in [0.25, 0.3) is 11.0 Å². The Morgan fingerprint density at radius 3 is 2.44 bits per heavy atom. The maximum atomic E-state index is 14.8. The highest BCUT2D eigenvalue weighted by Crippen LogP contribution is 2.41. The molecule has 1 aromatic carbocycles. The SMILES string of the molecule is CN.CN(C)C(=O)/C=C/CCCC(=O)Nc1cccn(Cc2nc3c(C(F)(F)C(C)(C)O)cccc3[nH]2)c1=O.COC=O. The number of likely N-dealkylation sites (N-methyl/N-ethyl adjacent to an activating group) is 1. The van der Waals surface area contributed by atoms with Crippen LogP contribution in [0.4, 0.5) is 14.5 Å². The predicted octanol–water partition coefficient (Wildman–Crippen LogP) is 2.75. The van der Waals surface area contributed by atoms with Crippen molar-refractivity contribution in [3.05, 3.63) is 70.4 Å². The number of benzene rings is 1. The Balaban J connectivity index is 0.00000142. The molecule has 0 aliphatic carbocycles. The van der Waals surface area contributed by atoms with Crippen molar-refractivity contribution in [1.29, 1.82) is 0 Å². The third-order valence-electron chi connectivity index (χ3n) is 5.85. The van der Waals surface area contributed by atoms with Gasteiger partial charge in [0.2, 0.25) is 11.8 Å². The number of aliphatic hydroxyl groups is 1. The average molecular weight is 607 g/mol. The molecular formula is C29H40F2N6O6. The molecule has 0 saturated carbocycles. The molecule has 2 heterocycles. The zero-order valence-corrected chi connectivity index (χ0v) is 25.2. The van der Waals surface area contributed by atoms with Crippen LogP contribution in [0.3, 0.4) is 0 Å². The van der Waals surface area contributed by atoms with Crippen molar-refractivity contribution < 1.29 is 33.0 Å². The van der Waals surface area contributed by atoms with E-state index in [0.29, 0.717) is 24.8 Å². The Morgan fingerprint density at radius 2 is 1.86 bits per heavy atom. The molecule has 43 heavy (non-hydrogen) atoms. The predicted molar refractivity (Wildman–Crippen MR) is 160 cm³/mol. The fourth-order valence-electron chi connectivity index (χ4n) is 3.59. The van der Waals surface area contributed by atoms with Crippen molar-refractivity contribution in [3.8, 4) is 0 Å². The standard InChI is InChI=1S/C26H31F2N5O4.C2H4O2.CH5N/c1-25(2,37)26(27,28)17-10-8-11-18-23(17)31-20(29-18)16-33-15-9-12-19(24(33)36)30-21(34)13-6-5-7-14-22(35)32(3)4;1-4-2-3;1-2/h7-12,14-15,37H,5-6,13,16H2,1-4H3,(H,29,31)(H,30,34);2H,1H3;2H2,1H3/b14-7+;;. The van der Waals surface area contributed by atoms with Crippen LogP contribution in [0.15, 0.2) is 53.5 Å². The number of para-hydroxylation sites is 1. The first-order chi connectivity index (χ1) is 20.2. The highest BCUT2D eigenvalue weighted by Gasteiger charge is 2.48. The lowest BCUT2D eigenvalue weighted by atomic mass is 9.92. The highest BCUT2D eigenvalue weighted by atomic mass is 19.3. The van der Waals surface area contributed by atoms with E-state index in [4.69, 9.17) is 4.79 Å². The molecule has 0 bridgehead atoms. The average Bonchev–Trinajstić information content (AvgIpc) is 3.38. The van der Waals surface area contributed by atoms with Gasteiger partial charge >= 0.3 is 5.92 Å². The number of hydrogen-bond donors (Lipinski definition) is 4. The van der Waals surface area contributed by atoms with Gasteiger partial charge in [-0.2, -0.15) is 8.78 Å². The molecule has 236 valence electrons. The number of nitrogens with one attached hydrogen (secondary N) is 2. The normalized spacial score (nSPS) is 11.2. The van der Waals surface area contributed by atoms with Crippen LogP contribution in [-0.2, 0) is 31.6 Å². The number of methoxy groups -OCH3 is 1. The van der Waals surface area contributed by atoms with Crippen LogP contribution in [0.5, 0.6) is 0 Å². The summed E-state index contributed by atoms with van der Waals surface area (Å²) >= 11 is 0. The van der Waals surface area contributed by atoms with E-state index >= 15 is 0 Å². The number of anilines is 1. The lowest BCUT2D eigenvalue weighted by Crippen LogP contribution is -2.40. The van der Waals surface area contributed by atoms with Gasteiger partial charge in [-0.15, -0.1) is 0 Å². The highest BCUT2D eigenvalue weighted by molar-refractivity contribution is 5.90. The van der Waals surface area contributed by atoms with Gasteiger partial charge < -0.3 is 35.3 Å². The van der Waals surface area contributed by atoms with Crippen LogP contribution in [0.1, 0.15) is 44.5 Å². The Kier molecular flexibility index (Phi) is 14.4. The number of carbonyl (C=O) groups is 3. The second-order valence-electron chi connectivity index (χ2n) is 9.78. The number of alkyl halides is 2. The van der Waals surface area contributed by atoms with Crippen LogP contribution in [-0.4, -0.2) is 76.7 Å². The van der Waals surface area contributed by atoms with Gasteiger partial charge in [0.05, 0.1) is 30.3 Å². The van der Waals surface area contributed by atoms with Crippen molar-refractivity contribution >= 4 is 35.0 Å². The lowest BCUT2D eigenvalue weighted by molar-refractivity contribution is -0.167. The summed E-state index contributed by atoms with van der Waals surface area (Å²) in [6, 6.07) is 7.30. The van der Waals surface area contributed by atoms with E-state index in [-0.39, 0.29) is 41.8 Å². The number of aromatic nitrogens is 3. The summed E-state index contributed by atoms with van der Waals surface area (Å²) in [5.74, 6) is -3.78. The van der Waals surface area contributed by atoms with Crippen LogP contribution >= 0.6 is 0 Å². The van der Waals surface area contributed by atoms with Gasteiger partial charge in [-0.3, -0.25) is 19.2 Å². The first-order valence-corrected chi connectivity index (χ1v) is 13.2. The lowest BCUT2D eigenvalue weighted by Gasteiger charge is -2.29. The minimum atomic E-state index is -3.56. The van der Waals surface area contributed by atoms with E-state index in [1.54, 1.807) is 32.3 Å². The number of H-pyrrole nitrogens is 1. The molecule has 0 spiro atoms. The molecule has 2 amide bonds. The quantitative estimate of drug-likeness (QED) is 0.147. The number of nitrogens with zero attached hydrogens (tertiary/aromatic N) is 3. The fourth-order valence-corrected chi connectivity index (χ4v) is 3.59. The number of carbonyl (C=O) groups excluding carboxylic acids is 3. The number of aromatic amines is 1. The number of hydrogen-bond acceptors (Lipinski definition) is 8. The summed E-state index contributed by atoms with van der Waals surface area (Å²) in [5.41, 5.74) is 1.73. The van der Waals surface area contributed by atoms with Crippen LogP contribution in [0.2, 0.25) is 0 Å². The van der Waals surface area contributed by atoms with Crippen molar-refractivity contribution in [2.24, 2.45) is 5.73 Å². The number of nitrogens with two attached hydrogens (primary N) is 1. The molecule has 3 rings (SSSR count). The number of rotatable bonds is 11. The number of fused-ring (bicyclic) bond motifs is 1. The van der Waals surface area contributed by atoms with E-state index in [0.717, 1.165) is 13.8 Å². The molecule has 0 aliphatic heterocycles. The third kappa shape index (κ3) is 10.4. The van der Waals surface area contributed by atoms with Crippen LogP contribution < -0.4 is 16.6 Å². The van der Waals surface area contributed by atoms with Gasteiger partial charge in [0.1, 0.15) is 17.1 Å². The van der Waals surface area contributed by atoms with Gasteiger partial charge in [-0.1, -0.05) is 18.2 Å². The second-order valence-corrected chi connectivity index (χ2v) is 9.78. The fraction of sp³-hybridized carbons (Fsp3) is 0.414. The molecule has 0 radical (unpaired) electrons. The maximum Gasteiger partial charge on any atom is 0.302 e. The second kappa shape index (κ2) is 16.9. The number of imidazole rings is 1. The molecule has 3 aromatic rings. The third-order valence-corrected chi connectivity index (χ3v) is 5.85. The number of unbranched alkanes of at least 4 members (excludes halogenated alkanes) is 1. The molecule has 0 fully saturated rings. The smallest absolute Gasteiger partial charge is 0.302 e. The maximum absolute atomic E-state index is 14.8. The molecule has 0 aliphatic rings. The van der Waals surface area contributed by atoms with Gasteiger partial charge in [-0.25, -0.2) is 4.98 Å². The number of allylic oxidation sites excluding steroid dienone is 1. The largest absolute Gasteiger partial charge is 0.471 e. The Labute approximate surface area is 248 Å². The summed E-state index contributed by atoms with van der Waals surface area (Å²) in [7, 11) is 6.11. The minimum Gasteiger partial charge on any atom is -0.471 e. The molecule has 12 nitrogen and oxygen atoms in total. The zero-order valence-electron chi connectivity index (χ0n) is 25.2. The summed E-state index contributed by atoms with van der Waals surface area (Å²) in [6.45, 7) is 2.39. The number of halogens is 2. The molecule has 0 unspecified atom stereocenters. The summed E-state index contributed by atoms with van der Waals surface area (Å²) in [4.78, 5) is 54.3. The van der Waals surface area contributed by atoms with E-state index in [2.05, 4.69) is 25.8 Å². The van der Waals surface area contributed by atoms with Gasteiger partial charge in [0.15, 0.2) is 0 Å². The summed E-state index contributed by atoms with van der Waals surface area (Å²) in [5, 5.41) is 12.6. The molecule has 0 saturated heterocycles. The van der Waals surface area contributed by atoms with Crippen molar-refractivity contribution in [3.63, 3.8) is 0 Å². The zero-order chi connectivity index (χ0) is 32.8. The van der Waals surface area contributed by atoms with E-state index in [9.17, 15) is 28.3 Å². The number of ether oxygens (including phenoxy) is 1. The first kappa shape index (κ1) is 36.6. The summed E-state index contributed by atoms with van der Waals surface area (Å²) < 4.78 is 34.9. The topological polar surface area (TPSA) is 173 Å². The Hall–Kier alpha value is -4.43. The van der Waals surface area contributed by atoms with E-state index in [1.807, 2.05) is 0 Å². The number of amides is 2. The van der Waals surface area contributed by atoms with Crippen molar-refractivity contribution in [2.45, 2.75) is 51.2 Å². The first-order valence-electron chi connectivity index (χ1n) is 13.2. The van der Waals surface area contributed by atoms with Gasteiger partial charge in [0, 0.05) is 26.7 Å². The number of pyridine rings is 1. The molecule has 5 N–H and O–H groups in total. The summed E-state index contributed by atoms with van der Waals surface area (Å²) in [6.07, 6.45) is 5.84. The monoisotopic (exact) mass is 606 g/mol. The minimum absolute atomic E-state index is 0.00321.